The van der Waals surface area contributed by atoms with Crippen LogP contribution in [0.2, 0.25) is 5.02 Å². The minimum Gasteiger partial charge on any atom is -0.481 e. The molecule has 1 saturated heterocycles. The van der Waals surface area contributed by atoms with Gasteiger partial charge in [-0.25, -0.2) is 9.69 Å². The molecule has 2 amide bonds. The maximum Gasteiger partial charge on any atom is 0.417 e. The summed E-state index contributed by atoms with van der Waals surface area (Å²) < 4.78 is 10.5. The highest BCUT2D eigenvalue weighted by molar-refractivity contribution is 6.30. The molecule has 0 N–H and O–H groups in total. The van der Waals surface area contributed by atoms with Gasteiger partial charge >= 0.3 is 6.09 Å². The van der Waals surface area contributed by atoms with Crippen molar-refractivity contribution < 1.29 is 19.1 Å². The Morgan fingerprint density at radius 1 is 1.33 bits per heavy atom. The van der Waals surface area contributed by atoms with Crippen LogP contribution in [0, 0.1) is 5.92 Å². The predicted octanol–water partition coefficient (Wildman–Crippen LogP) is 3.11. The Balaban J connectivity index is 2.07. The van der Waals surface area contributed by atoms with E-state index in [0.717, 1.165) is 4.90 Å². The van der Waals surface area contributed by atoms with E-state index in [-0.39, 0.29) is 18.6 Å². The monoisotopic (exact) mass is 311 g/mol. The topological polar surface area (TPSA) is 55.8 Å². The van der Waals surface area contributed by atoms with Crippen LogP contribution in [0.3, 0.4) is 0 Å². The van der Waals surface area contributed by atoms with E-state index in [2.05, 4.69) is 0 Å². The number of ether oxygens (including phenoxy) is 2. The van der Waals surface area contributed by atoms with Gasteiger partial charge in [-0.1, -0.05) is 25.4 Å². The molecule has 2 rings (SSSR count). The van der Waals surface area contributed by atoms with Gasteiger partial charge in [0, 0.05) is 5.02 Å². The van der Waals surface area contributed by atoms with Gasteiger partial charge in [-0.3, -0.25) is 4.79 Å². The summed E-state index contributed by atoms with van der Waals surface area (Å²) >= 11 is 5.80. The zero-order chi connectivity index (χ0) is 15.6. The van der Waals surface area contributed by atoms with Crippen molar-refractivity contribution in [3.63, 3.8) is 0 Å². The number of carbonyl (C=O) groups excluding carboxylic acids is 2. The highest BCUT2D eigenvalue weighted by atomic mass is 35.5. The second-order valence-corrected chi connectivity index (χ2v) is 5.75. The summed E-state index contributed by atoms with van der Waals surface area (Å²) in [6.07, 6.45) is -1.39. The first-order chi connectivity index (χ1) is 9.90. The van der Waals surface area contributed by atoms with Gasteiger partial charge in [0.1, 0.15) is 12.4 Å². The molecule has 21 heavy (non-hydrogen) atoms. The third kappa shape index (κ3) is 3.47. The van der Waals surface area contributed by atoms with Crippen LogP contribution >= 0.6 is 11.6 Å². The molecule has 1 aromatic carbocycles. The summed E-state index contributed by atoms with van der Waals surface area (Å²) in [4.78, 5) is 25.3. The molecule has 0 saturated carbocycles. The second-order valence-electron chi connectivity index (χ2n) is 5.31. The minimum atomic E-state index is -0.780. The Morgan fingerprint density at radius 2 is 1.95 bits per heavy atom. The fourth-order valence-electron chi connectivity index (χ4n) is 2.14. The Labute approximate surface area is 128 Å². The van der Waals surface area contributed by atoms with Crippen LogP contribution in [0.1, 0.15) is 20.8 Å². The highest BCUT2D eigenvalue weighted by Gasteiger charge is 2.41. The molecule has 1 aliphatic rings. The van der Waals surface area contributed by atoms with E-state index in [4.69, 9.17) is 21.1 Å². The first kappa shape index (κ1) is 15.6. The molecule has 0 spiro atoms. The molecule has 2 atom stereocenters. The standard InChI is InChI=1S/C15H18ClNO4/c1-9(2)13-8-20-15(19)17(13)14(18)10(3)21-12-6-4-11(16)5-7-12/h4-7,9-10,13H,8H2,1-3H3/t10-,13-/m1/s1. The molecule has 0 radical (unpaired) electrons. The molecule has 5 nitrogen and oxygen atoms in total. The number of cyclic esters (lactones) is 1. The van der Waals surface area contributed by atoms with Gasteiger partial charge < -0.3 is 9.47 Å². The SMILES string of the molecule is CC(C)[C@H]1COC(=O)N1C(=O)[C@@H](C)Oc1ccc(Cl)cc1. The zero-order valence-electron chi connectivity index (χ0n) is 12.2. The first-order valence-corrected chi connectivity index (χ1v) is 7.20. The number of imide groups is 1. The number of amides is 2. The van der Waals surface area contributed by atoms with Crippen molar-refractivity contribution >= 4 is 23.6 Å². The molecule has 0 bridgehead atoms. The zero-order valence-corrected chi connectivity index (χ0v) is 13.0. The second kappa shape index (κ2) is 6.35. The molecule has 0 aliphatic carbocycles. The van der Waals surface area contributed by atoms with E-state index in [1.807, 2.05) is 13.8 Å². The Morgan fingerprint density at radius 3 is 2.52 bits per heavy atom. The van der Waals surface area contributed by atoms with Crippen LogP contribution in [-0.4, -0.2) is 35.7 Å². The normalized spacial score (nSPS) is 19.6. The predicted molar refractivity (Wildman–Crippen MR) is 78.4 cm³/mol. The lowest BCUT2D eigenvalue weighted by Crippen LogP contribution is -2.47. The maximum absolute atomic E-state index is 12.4. The number of rotatable bonds is 4. The van der Waals surface area contributed by atoms with Gasteiger partial charge in [-0.15, -0.1) is 0 Å². The molecule has 6 heteroatoms. The van der Waals surface area contributed by atoms with E-state index in [1.165, 1.54) is 0 Å². The van der Waals surface area contributed by atoms with Crippen molar-refractivity contribution in [3.8, 4) is 5.75 Å². The summed E-state index contributed by atoms with van der Waals surface area (Å²) in [5, 5.41) is 0.587. The van der Waals surface area contributed by atoms with E-state index in [1.54, 1.807) is 31.2 Å². The molecule has 1 aromatic rings. The summed E-state index contributed by atoms with van der Waals surface area (Å²) in [5.74, 6) is 0.253. The summed E-state index contributed by atoms with van der Waals surface area (Å²) in [6.45, 7) is 5.73. The van der Waals surface area contributed by atoms with Crippen molar-refractivity contribution in [3.05, 3.63) is 29.3 Å². The smallest absolute Gasteiger partial charge is 0.417 e. The molecular weight excluding hydrogens is 294 g/mol. The Bertz CT molecular complexity index is 529. The van der Waals surface area contributed by atoms with Gasteiger partial charge in [0.2, 0.25) is 0 Å². The number of benzene rings is 1. The molecular formula is C15H18ClNO4. The van der Waals surface area contributed by atoms with Crippen LogP contribution in [-0.2, 0) is 9.53 Å². The number of carbonyl (C=O) groups is 2. The van der Waals surface area contributed by atoms with Crippen LogP contribution in [0.25, 0.3) is 0 Å². The molecule has 114 valence electrons. The third-order valence-corrected chi connectivity index (χ3v) is 3.64. The van der Waals surface area contributed by atoms with Crippen LogP contribution in [0.5, 0.6) is 5.75 Å². The Kier molecular flexibility index (Phi) is 4.73. The molecule has 1 heterocycles. The lowest BCUT2D eigenvalue weighted by molar-refractivity contribution is -0.136. The Hall–Kier alpha value is -1.75. The van der Waals surface area contributed by atoms with Crippen LogP contribution < -0.4 is 4.74 Å². The highest BCUT2D eigenvalue weighted by Crippen LogP contribution is 2.22. The van der Waals surface area contributed by atoms with Crippen molar-refractivity contribution in [2.75, 3.05) is 6.61 Å². The van der Waals surface area contributed by atoms with Gasteiger partial charge in [0.15, 0.2) is 6.10 Å². The van der Waals surface area contributed by atoms with Gasteiger partial charge in [-0.05, 0) is 37.1 Å². The van der Waals surface area contributed by atoms with Crippen molar-refractivity contribution in [1.29, 1.82) is 0 Å². The van der Waals surface area contributed by atoms with Crippen LogP contribution in [0.4, 0.5) is 4.79 Å². The van der Waals surface area contributed by atoms with Gasteiger partial charge in [-0.2, -0.15) is 0 Å². The summed E-state index contributed by atoms with van der Waals surface area (Å²) in [6, 6.07) is 6.45. The van der Waals surface area contributed by atoms with Gasteiger partial charge in [0.25, 0.3) is 5.91 Å². The maximum atomic E-state index is 12.4. The van der Waals surface area contributed by atoms with Gasteiger partial charge in [0.05, 0.1) is 6.04 Å². The number of nitrogens with zero attached hydrogens (tertiary/aromatic N) is 1. The third-order valence-electron chi connectivity index (χ3n) is 3.39. The summed E-state index contributed by atoms with van der Waals surface area (Å²) in [7, 11) is 0. The quantitative estimate of drug-likeness (QED) is 0.857. The molecule has 1 fully saturated rings. The number of halogens is 1. The fourth-order valence-corrected chi connectivity index (χ4v) is 2.27. The summed E-state index contributed by atoms with van der Waals surface area (Å²) in [5.41, 5.74) is 0. The van der Waals surface area contributed by atoms with Crippen molar-refractivity contribution in [2.45, 2.75) is 32.9 Å². The van der Waals surface area contributed by atoms with E-state index < -0.39 is 18.1 Å². The lowest BCUT2D eigenvalue weighted by atomic mass is 10.0. The van der Waals surface area contributed by atoms with Crippen molar-refractivity contribution in [2.24, 2.45) is 5.92 Å². The average molecular weight is 312 g/mol. The molecule has 1 aliphatic heterocycles. The number of hydrogen-bond donors (Lipinski definition) is 0. The molecule has 0 aromatic heterocycles. The van der Waals surface area contributed by atoms with Crippen LogP contribution in [0.15, 0.2) is 24.3 Å². The fraction of sp³-hybridized carbons (Fsp3) is 0.467. The van der Waals surface area contributed by atoms with E-state index in [0.29, 0.717) is 10.8 Å². The van der Waals surface area contributed by atoms with Crippen molar-refractivity contribution in [1.82, 2.24) is 4.90 Å². The first-order valence-electron chi connectivity index (χ1n) is 6.82. The van der Waals surface area contributed by atoms with E-state index >= 15 is 0 Å². The van der Waals surface area contributed by atoms with E-state index in [9.17, 15) is 9.59 Å². The number of hydrogen-bond acceptors (Lipinski definition) is 4. The minimum absolute atomic E-state index is 0.128. The largest absolute Gasteiger partial charge is 0.481 e. The average Bonchev–Trinajstić information content (AvgIpc) is 2.82. The lowest BCUT2D eigenvalue weighted by Gasteiger charge is -2.25. The molecule has 0 unspecified atom stereocenters.